The number of fused-ring (bicyclic) bond motifs is 1. The van der Waals surface area contributed by atoms with Crippen molar-refractivity contribution >= 4 is 23.5 Å². The van der Waals surface area contributed by atoms with Crippen molar-refractivity contribution < 1.29 is 9.31 Å². The summed E-state index contributed by atoms with van der Waals surface area (Å²) in [5, 5.41) is 14.7. The molecule has 4 rings (SSSR count). The fraction of sp³-hybridized carbons (Fsp3) is 0.350. The topological polar surface area (TPSA) is 73.0 Å². The lowest BCUT2D eigenvalue weighted by Gasteiger charge is -2.32. The minimum Gasteiger partial charge on any atom is -0.399 e. The predicted octanol–water partition coefficient (Wildman–Crippen LogP) is 2.81. The second-order valence-electron chi connectivity index (χ2n) is 7.90. The second kappa shape index (κ2) is 5.91. The zero-order chi connectivity index (χ0) is 19.4. The van der Waals surface area contributed by atoms with E-state index >= 15 is 0 Å². The Kier molecular flexibility index (Phi) is 3.88. The third-order valence-corrected chi connectivity index (χ3v) is 5.50. The Hall–Kier alpha value is -2.69. The van der Waals surface area contributed by atoms with Gasteiger partial charge in [0, 0.05) is 24.2 Å². The molecule has 1 fully saturated rings. The van der Waals surface area contributed by atoms with Crippen molar-refractivity contribution in [2.45, 2.75) is 38.9 Å². The van der Waals surface area contributed by atoms with Gasteiger partial charge in [0.05, 0.1) is 34.2 Å². The monoisotopic (exact) mass is 360 g/mol. The molecule has 0 N–H and O–H groups in total. The Morgan fingerprint density at radius 2 is 1.85 bits per heavy atom. The molecule has 0 radical (unpaired) electrons. The van der Waals surface area contributed by atoms with Crippen molar-refractivity contribution in [2.24, 2.45) is 7.05 Å². The van der Waals surface area contributed by atoms with E-state index in [1.807, 2.05) is 65.2 Å². The van der Waals surface area contributed by atoms with E-state index < -0.39 is 18.3 Å². The van der Waals surface area contributed by atoms with Crippen LogP contribution in [0.4, 0.5) is 0 Å². The molecule has 0 unspecified atom stereocenters. The summed E-state index contributed by atoms with van der Waals surface area (Å²) in [6.45, 7) is 8.10. The molecule has 0 atom stereocenters. The lowest BCUT2D eigenvalue weighted by molar-refractivity contribution is 0.00578. The quantitative estimate of drug-likeness (QED) is 0.657. The van der Waals surface area contributed by atoms with Crippen LogP contribution in [0, 0.1) is 11.3 Å². The number of hydrogen-bond donors (Lipinski definition) is 0. The van der Waals surface area contributed by atoms with Gasteiger partial charge in [0.2, 0.25) is 0 Å². The Balaban J connectivity index is 1.87. The molecule has 6 nitrogen and oxygen atoms in total. The molecule has 0 saturated carbocycles. The van der Waals surface area contributed by atoms with Gasteiger partial charge in [-0.1, -0.05) is 12.1 Å². The zero-order valence-electron chi connectivity index (χ0n) is 16.1. The molecule has 1 aliphatic rings. The Bertz CT molecular complexity index is 1070. The summed E-state index contributed by atoms with van der Waals surface area (Å²) in [4.78, 5) is 4.75. The SMILES string of the molecule is Cn1cc(-c2nc3cccc(B4OC(C)(C)C(C)(C)O4)c3cc2C#N)cn1. The number of pyridine rings is 1. The first-order chi connectivity index (χ1) is 12.7. The van der Waals surface area contributed by atoms with Gasteiger partial charge in [-0.25, -0.2) is 4.98 Å². The summed E-state index contributed by atoms with van der Waals surface area (Å²) in [6.07, 6.45) is 3.57. The first-order valence-electron chi connectivity index (χ1n) is 8.90. The minimum absolute atomic E-state index is 0.430. The highest BCUT2D eigenvalue weighted by Crippen LogP contribution is 2.37. The third-order valence-electron chi connectivity index (χ3n) is 5.50. The van der Waals surface area contributed by atoms with E-state index in [1.54, 1.807) is 10.9 Å². The lowest BCUT2D eigenvalue weighted by Crippen LogP contribution is -2.41. The van der Waals surface area contributed by atoms with Crippen molar-refractivity contribution in [3.05, 3.63) is 42.2 Å². The molecule has 0 aliphatic carbocycles. The summed E-state index contributed by atoms with van der Waals surface area (Å²) in [5.41, 5.74) is 2.76. The highest BCUT2D eigenvalue weighted by atomic mass is 16.7. The lowest BCUT2D eigenvalue weighted by atomic mass is 9.76. The van der Waals surface area contributed by atoms with Crippen LogP contribution in [0.3, 0.4) is 0 Å². The molecule has 1 aromatic carbocycles. The molecule has 1 saturated heterocycles. The van der Waals surface area contributed by atoms with Gasteiger partial charge < -0.3 is 9.31 Å². The van der Waals surface area contributed by atoms with Crippen LogP contribution in [0.2, 0.25) is 0 Å². The molecular formula is C20H21BN4O2. The van der Waals surface area contributed by atoms with Gasteiger partial charge in [0.25, 0.3) is 0 Å². The van der Waals surface area contributed by atoms with Crippen LogP contribution in [-0.4, -0.2) is 33.1 Å². The van der Waals surface area contributed by atoms with Gasteiger partial charge in [-0.05, 0) is 45.3 Å². The van der Waals surface area contributed by atoms with E-state index in [-0.39, 0.29) is 0 Å². The standard InChI is InChI=1S/C20H21BN4O2/c1-19(2)20(3,4)27-21(26-19)16-7-6-8-17-15(16)9-13(10-22)18(24-17)14-11-23-25(5)12-14/h6-9,11-12H,1-5H3. The first-order valence-corrected chi connectivity index (χ1v) is 8.90. The van der Waals surface area contributed by atoms with Crippen LogP contribution in [-0.2, 0) is 16.4 Å². The molecule has 0 bridgehead atoms. The van der Waals surface area contributed by atoms with E-state index in [0.717, 1.165) is 21.9 Å². The average molecular weight is 360 g/mol. The second-order valence-corrected chi connectivity index (χ2v) is 7.90. The molecule has 0 amide bonds. The molecule has 0 spiro atoms. The largest absolute Gasteiger partial charge is 0.495 e. The van der Waals surface area contributed by atoms with E-state index in [9.17, 15) is 5.26 Å². The highest BCUT2D eigenvalue weighted by molar-refractivity contribution is 6.65. The number of rotatable bonds is 2. The van der Waals surface area contributed by atoms with Crippen molar-refractivity contribution in [1.29, 1.82) is 5.26 Å². The smallest absolute Gasteiger partial charge is 0.399 e. The Morgan fingerprint density at radius 1 is 1.15 bits per heavy atom. The molecule has 2 aromatic heterocycles. The highest BCUT2D eigenvalue weighted by Gasteiger charge is 2.52. The first kappa shape index (κ1) is 17.7. The zero-order valence-corrected chi connectivity index (χ0v) is 16.1. The normalized spacial score (nSPS) is 18.0. The number of nitriles is 1. The van der Waals surface area contributed by atoms with Gasteiger partial charge in [0.1, 0.15) is 6.07 Å². The van der Waals surface area contributed by atoms with E-state index in [1.165, 1.54) is 0 Å². The molecule has 27 heavy (non-hydrogen) atoms. The van der Waals surface area contributed by atoms with Crippen molar-refractivity contribution in [1.82, 2.24) is 14.8 Å². The average Bonchev–Trinajstić information content (AvgIpc) is 3.13. The van der Waals surface area contributed by atoms with Gasteiger partial charge in [0.15, 0.2) is 0 Å². The number of aromatic nitrogens is 3. The number of hydrogen-bond acceptors (Lipinski definition) is 5. The summed E-state index contributed by atoms with van der Waals surface area (Å²) in [7, 11) is 1.34. The maximum atomic E-state index is 9.69. The van der Waals surface area contributed by atoms with E-state index in [0.29, 0.717) is 11.3 Å². The Labute approximate surface area is 158 Å². The summed E-state index contributed by atoms with van der Waals surface area (Å²) in [6, 6.07) is 9.97. The third kappa shape index (κ3) is 2.82. The molecule has 3 heterocycles. The van der Waals surface area contributed by atoms with Crippen LogP contribution in [0.25, 0.3) is 22.2 Å². The van der Waals surface area contributed by atoms with E-state index in [4.69, 9.17) is 14.3 Å². The van der Waals surface area contributed by atoms with Crippen molar-refractivity contribution in [3.8, 4) is 17.3 Å². The fourth-order valence-corrected chi connectivity index (χ4v) is 3.24. The summed E-state index contributed by atoms with van der Waals surface area (Å²) >= 11 is 0. The predicted molar refractivity (Wildman–Crippen MR) is 104 cm³/mol. The van der Waals surface area contributed by atoms with Crippen LogP contribution in [0.5, 0.6) is 0 Å². The minimum atomic E-state index is -0.503. The van der Waals surface area contributed by atoms with Crippen molar-refractivity contribution in [2.75, 3.05) is 0 Å². The van der Waals surface area contributed by atoms with Gasteiger partial charge in [-0.15, -0.1) is 0 Å². The van der Waals surface area contributed by atoms with Crippen LogP contribution < -0.4 is 5.46 Å². The molecule has 7 heteroatoms. The Morgan fingerprint density at radius 3 is 2.44 bits per heavy atom. The van der Waals surface area contributed by atoms with Gasteiger partial charge >= 0.3 is 7.12 Å². The summed E-state index contributed by atoms with van der Waals surface area (Å²) in [5.74, 6) is 0. The van der Waals surface area contributed by atoms with Gasteiger partial charge in [-0.2, -0.15) is 10.4 Å². The maximum Gasteiger partial charge on any atom is 0.495 e. The van der Waals surface area contributed by atoms with Crippen LogP contribution in [0.15, 0.2) is 36.7 Å². The number of nitrogens with zero attached hydrogens (tertiary/aromatic N) is 4. The van der Waals surface area contributed by atoms with Gasteiger partial charge in [-0.3, -0.25) is 4.68 Å². The van der Waals surface area contributed by atoms with Crippen molar-refractivity contribution in [3.63, 3.8) is 0 Å². The fourth-order valence-electron chi connectivity index (χ4n) is 3.24. The molecular weight excluding hydrogens is 339 g/mol. The molecule has 3 aromatic rings. The van der Waals surface area contributed by atoms with E-state index in [2.05, 4.69) is 11.2 Å². The maximum absolute atomic E-state index is 9.69. The number of aryl methyl sites for hydroxylation is 1. The molecule has 1 aliphatic heterocycles. The van der Waals surface area contributed by atoms with Crippen LogP contribution in [0.1, 0.15) is 33.3 Å². The molecule has 136 valence electrons. The van der Waals surface area contributed by atoms with Crippen LogP contribution >= 0.6 is 0 Å². The number of benzene rings is 1. The summed E-state index contributed by atoms with van der Waals surface area (Å²) < 4.78 is 14.1.